The summed E-state index contributed by atoms with van der Waals surface area (Å²) < 4.78 is 7.74. The first-order valence-corrected chi connectivity index (χ1v) is 5.98. The molecule has 3 rings (SSSR count). The maximum absolute atomic E-state index is 10.7. The third-order valence-corrected chi connectivity index (χ3v) is 3.21. The van der Waals surface area contributed by atoms with Gasteiger partial charge in [0.25, 0.3) is 0 Å². The molecule has 0 spiro atoms. The van der Waals surface area contributed by atoms with Crippen molar-refractivity contribution in [2.24, 2.45) is 5.92 Å². The van der Waals surface area contributed by atoms with E-state index in [1.54, 1.807) is 0 Å². The molecule has 0 atom stereocenters. The zero-order valence-electron chi connectivity index (χ0n) is 9.63. The SMILES string of the molecule is O=Cc1ccc2c(ccn2COCC2CC2)c1. The number of nitrogens with zero attached hydrogens (tertiary/aromatic N) is 1. The number of carbonyl (C=O) groups excluding carboxylic acids is 1. The summed E-state index contributed by atoms with van der Waals surface area (Å²) in [6, 6.07) is 7.73. The Hall–Kier alpha value is -1.61. The number of fused-ring (bicyclic) bond motifs is 1. The second-order valence-electron chi connectivity index (χ2n) is 4.66. The molecule has 0 saturated heterocycles. The monoisotopic (exact) mass is 229 g/mol. The molecule has 2 aromatic rings. The van der Waals surface area contributed by atoms with E-state index in [1.807, 2.05) is 30.5 Å². The summed E-state index contributed by atoms with van der Waals surface area (Å²) in [5, 5.41) is 1.09. The van der Waals surface area contributed by atoms with Crippen LogP contribution in [0.2, 0.25) is 0 Å². The van der Waals surface area contributed by atoms with Gasteiger partial charge in [0, 0.05) is 17.1 Å². The molecule has 1 aliphatic rings. The van der Waals surface area contributed by atoms with Crippen molar-refractivity contribution < 1.29 is 9.53 Å². The lowest BCUT2D eigenvalue weighted by Gasteiger charge is -2.06. The minimum atomic E-state index is 0.598. The summed E-state index contributed by atoms with van der Waals surface area (Å²) in [6.07, 6.45) is 5.51. The van der Waals surface area contributed by atoms with Crippen molar-refractivity contribution in [3.05, 3.63) is 36.0 Å². The Labute approximate surface area is 100.0 Å². The fraction of sp³-hybridized carbons (Fsp3) is 0.357. The standard InChI is InChI=1S/C14H15NO2/c16-8-12-3-4-14-13(7-12)5-6-15(14)10-17-9-11-1-2-11/h3-8,11H,1-2,9-10H2. The van der Waals surface area contributed by atoms with E-state index in [0.717, 1.165) is 29.7 Å². The summed E-state index contributed by atoms with van der Waals surface area (Å²) in [4.78, 5) is 10.7. The van der Waals surface area contributed by atoms with Gasteiger partial charge in [-0.15, -0.1) is 0 Å². The molecule has 1 aliphatic carbocycles. The van der Waals surface area contributed by atoms with Crippen molar-refractivity contribution in [1.82, 2.24) is 4.57 Å². The molecule has 0 aliphatic heterocycles. The molecular formula is C14H15NO2. The van der Waals surface area contributed by atoms with Crippen LogP contribution in [0, 0.1) is 5.92 Å². The lowest BCUT2D eigenvalue weighted by Crippen LogP contribution is -2.03. The van der Waals surface area contributed by atoms with E-state index in [0.29, 0.717) is 12.3 Å². The fourth-order valence-electron chi connectivity index (χ4n) is 2.01. The highest BCUT2D eigenvalue weighted by atomic mass is 16.5. The van der Waals surface area contributed by atoms with Crippen molar-refractivity contribution in [1.29, 1.82) is 0 Å². The summed E-state index contributed by atoms with van der Waals surface area (Å²) in [5.74, 6) is 0.790. The average molecular weight is 229 g/mol. The van der Waals surface area contributed by atoms with Gasteiger partial charge in [-0.3, -0.25) is 4.79 Å². The minimum absolute atomic E-state index is 0.598. The maximum Gasteiger partial charge on any atom is 0.150 e. The van der Waals surface area contributed by atoms with Gasteiger partial charge in [0.05, 0.1) is 12.1 Å². The average Bonchev–Trinajstić information content (AvgIpc) is 3.10. The van der Waals surface area contributed by atoms with Crippen molar-refractivity contribution >= 4 is 17.2 Å². The van der Waals surface area contributed by atoms with Crippen LogP contribution in [0.15, 0.2) is 30.5 Å². The van der Waals surface area contributed by atoms with Crippen molar-refractivity contribution in [3.63, 3.8) is 0 Å². The fourth-order valence-corrected chi connectivity index (χ4v) is 2.01. The van der Waals surface area contributed by atoms with Gasteiger partial charge in [0.15, 0.2) is 0 Å². The Bertz CT molecular complexity index is 540. The molecule has 3 nitrogen and oxygen atoms in total. The quantitative estimate of drug-likeness (QED) is 0.738. The van der Waals surface area contributed by atoms with Crippen LogP contribution >= 0.6 is 0 Å². The molecule has 0 N–H and O–H groups in total. The van der Waals surface area contributed by atoms with Gasteiger partial charge in [-0.05, 0) is 43.0 Å². The number of hydrogen-bond donors (Lipinski definition) is 0. The number of hydrogen-bond acceptors (Lipinski definition) is 2. The molecule has 17 heavy (non-hydrogen) atoms. The first-order chi connectivity index (χ1) is 8.36. The molecule has 3 heteroatoms. The van der Waals surface area contributed by atoms with E-state index in [-0.39, 0.29) is 0 Å². The van der Waals surface area contributed by atoms with Gasteiger partial charge in [-0.2, -0.15) is 0 Å². The summed E-state index contributed by atoms with van der Waals surface area (Å²) in [5.41, 5.74) is 1.83. The van der Waals surface area contributed by atoms with Crippen LogP contribution in [0.1, 0.15) is 23.2 Å². The van der Waals surface area contributed by atoms with E-state index in [9.17, 15) is 4.79 Å². The van der Waals surface area contributed by atoms with E-state index in [4.69, 9.17) is 4.74 Å². The second-order valence-corrected chi connectivity index (χ2v) is 4.66. The number of rotatable bonds is 5. The predicted molar refractivity (Wildman–Crippen MR) is 66.0 cm³/mol. The highest BCUT2D eigenvalue weighted by molar-refractivity contribution is 5.87. The van der Waals surface area contributed by atoms with Crippen LogP contribution in [0.5, 0.6) is 0 Å². The van der Waals surface area contributed by atoms with Gasteiger partial charge < -0.3 is 9.30 Å². The van der Waals surface area contributed by atoms with Gasteiger partial charge in [-0.25, -0.2) is 0 Å². The summed E-state index contributed by atoms with van der Waals surface area (Å²) >= 11 is 0. The lowest BCUT2D eigenvalue weighted by atomic mass is 10.2. The molecule has 1 aromatic carbocycles. The number of carbonyl (C=O) groups is 1. The van der Waals surface area contributed by atoms with Crippen LogP contribution in [0.3, 0.4) is 0 Å². The molecule has 0 amide bonds. The number of benzene rings is 1. The topological polar surface area (TPSA) is 31.2 Å². The van der Waals surface area contributed by atoms with E-state index < -0.39 is 0 Å². The van der Waals surface area contributed by atoms with Crippen LogP contribution in [-0.2, 0) is 11.5 Å². The van der Waals surface area contributed by atoms with Gasteiger partial charge in [-0.1, -0.05) is 0 Å². The van der Waals surface area contributed by atoms with E-state index >= 15 is 0 Å². The van der Waals surface area contributed by atoms with E-state index in [1.165, 1.54) is 12.8 Å². The Balaban J connectivity index is 1.76. The minimum Gasteiger partial charge on any atom is -0.360 e. The summed E-state index contributed by atoms with van der Waals surface area (Å²) in [7, 11) is 0. The molecule has 1 fully saturated rings. The second kappa shape index (κ2) is 4.34. The van der Waals surface area contributed by atoms with Crippen LogP contribution in [0.25, 0.3) is 10.9 Å². The molecule has 1 saturated carbocycles. The Morgan fingerprint density at radius 2 is 2.24 bits per heavy atom. The van der Waals surface area contributed by atoms with Crippen LogP contribution in [-0.4, -0.2) is 17.5 Å². The third kappa shape index (κ3) is 2.24. The first kappa shape index (κ1) is 10.5. The molecule has 88 valence electrons. The lowest BCUT2D eigenvalue weighted by molar-refractivity contribution is 0.0718. The maximum atomic E-state index is 10.7. The van der Waals surface area contributed by atoms with Gasteiger partial charge in [0.2, 0.25) is 0 Å². The first-order valence-electron chi connectivity index (χ1n) is 5.98. The number of aldehydes is 1. The predicted octanol–water partition coefficient (Wildman–Crippen LogP) is 2.84. The number of aromatic nitrogens is 1. The molecule has 0 radical (unpaired) electrons. The normalized spacial score (nSPS) is 15.3. The Morgan fingerprint density at radius 1 is 1.35 bits per heavy atom. The van der Waals surface area contributed by atoms with Crippen molar-refractivity contribution in [2.75, 3.05) is 6.61 Å². The highest BCUT2D eigenvalue weighted by Crippen LogP contribution is 2.29. The van der Waals surface area contributed by atoms with Gasteiger partial charge >= 0.3 is 0 Å². The smallest absolute Gasteiger partial charge is 0.150 e. The summed E-state index contributed by atoms with van der Waals surface area (Å²) in [6.45, 7) is 1.46. The van der Waals surface area contributed by atoms with Crippen molar-refractivity contribution in [3.8, 4) is 0 Å². The zero-order chi connectivity index (χ0) is 11.7. The molecular weight excluding hydrogens is 214 g/mol. The van der Waals surface area contributed by atoms with Crippen molar-refractivity contribution in [2.45, 2.75) is 19.6 Å². The Morgan fingerprint density at radius 3 is 3.00 bits per heavy atom. The largest absolute Gasteiger partial charge is 0.360 e. The molecule has 1 aromatic heterocycles. The molecule has 0 bridgehead atoms. The van der Waals surface area contributed by atoms with Crippen LogP contribution < -0.4 is 0 Å². The van der Waals surface area contributed by atoms with E-state index in [2.05, 4.69) is 4.57 Å². The molecule has 0 unspecified atom stereocenters. The number of ether oxygens (including phenoxy) is 1. The van der Waals surface area contributed by atoms with Gasteiger partial charge in [0.1, 0.15) is 13.0 Å². The highest BCUT2D eigenvalue weighted by Gasteiger charge is 2.21. The zero-order valence-corrected chi connectivity index (χ0v) is 9.63. The third-order valence-electron chi connectivity index (χ3n) is 3.21. The van der Waals surface area contributed by atoms with Crippen LogP contribution in [0.4, 0.5) is 0 Å². The Kier molecular flexibility index (Phi) is 2.69. The molecule has 1 heterocycles.